The SMILES string of the molecule is CN(CC1(C#N)COC1)C1CCOCC1. The highest BCUT2D eigenvalue weighted by Crippen LogP contribution is 2.28. The Kier molecular flexibility index (Phi) is 3.25. The fourth-order valence-corrected chi connectivity index (χ4v) is 2.27. The molecule has 2 aliphatic heterocycles. The molecular weight excluding hydrogens is 192 g/mol. The molecule has 0 aromatic rings. The molecule has 84 valence electrons. The van der Waals surface area contributed by atoms with E-state index < -0.39 is 0 Å². The predicted molar refractivity (Wildman–Crippen MR) is 55.3 cm³/mol. The Labute approximate surface area is 90.8 Å². The van der Waals surface area contributed by atoms with E-state index in [9.17, 15) is 0 Å². The van der Waals surface area contributed by atoms with Crippen LogP contribution >= 0.6 is 0 Å². The standard InChI is InChI=1S/C11H18N2O2/c1-13(10-2-4-14-5-3-10)7-11(6-12)8-15-9-11/h10H,2-5,7-9H2,1H3. The van der Waals surface area contributed by atoms with Crippen LogP contribution in [0.2, 0.25) is 0 Å². The predicted octanol–water partition coefficient (Wildman–Crippen LogP) is 0.637. The Morgan fingerprint density at radius 2 is 2.00 bits per heavy atom. The van der Waals surface area contributed by atoms with Crippen LogP contribution in [0.25, 0.3) is 0 Å². The van der Waals surface area contributed by atoms with Crippen LogP contribution in [0.15, 0.2) is 0 Å². The summed E-state index contributed by atoms with van der Waals surface area (Å²) in [6.45, 7) is 3.72. The van der Waals surface area contributed by atoms with Crippen molar-refractivity contribution in [3.8, 4) is 6.07 Å². The zero-order chi connectivity index (χ0) is 10.7. The molecule has 4 heteroatoms. The van der Waals surface area contributed by atoms with Gasteiger partial charge in [0.05, 0.1) is 19.3 Å². The highest BCUT2D eigenvalue weighted by atomic mass is 16.5. The van der Waals surface area contributed by atoms with Gasteiger partial charge < -0.3 is 14.4 Å². The minimum atomic E-state index is -0.243. The molecule has 0 amide bonds. The van der Waals surface area contributed by atoms with Gasteiger partial charge in [0.1, 0.15) is 5.41 Å². The van der Waals surface area contributed by atoms with E-state index in [1.807, 2.05) is 0 Å². The molecule has 2 heterocycles. The quantitative estimate of drug-likeness (QED) is 0.685. The minimum absolute atomic E-state index is 0.243. The maximum atomic E-state index is 9.10. The fourth-order valence-electron chi connectivity index (χ4n) is 2.27. The summed E-state index contributed by atoms with van der Waals surface area (Å²) >= 11 is 0. The molecule has 0 unspecified atom stereocenters. The summed E-state index contributed by atoms with van der Waals surface area (Å²) in [5.41, 5.74) is -0.243. The van der Waals surface area contributed by atoms with Gasteiger partial charge in [-0.3, -0.25) is 0 Å². The van der Waals surface area contributed by atoms with Gasteiger partial charge in [-0.2, -0.15) is 5.26 Å². The molecule has 0 atom stereocenters. The molecule has 0 aliphatic carbocycles. The van der Waals surface area contributed by atoms with Crippen LogP contribution in [-0.4, -0.2) is 51.0 Å². The van der Waals surface area contributed by atoms with E-state index in [2.05, 4.69) is 18.0 Å². The van der Waals surface area contributed by atoms with E-state index in [4.69, 9.17) is 14.7 Å². The molecule has 4 nitrogen and oxygen atoms in total. The van der Waals surface area contributed by atoms with Crippen molar-refractivity contribution < 1.29 is 9.47 Å². The van der Waals surface area contributed by atoms with E-state index in [0.717, 1.165) is 32.6 Å². The molecule has 0 saturated carbocycles. The summed E-state index contributed by atoms with van der Waals surface area (Å²) in [5.74, 6) is 0. The lowest BCUT2D eigenvalue weighted by Gasteiger charge is -2.41. The third-order valence-corrected chi connectivity index (χ3v) is 3.36. The van der Waals surface area contributed by atoms with Crippen molar-refractivity contribution in [3.63, 3.8) is 0 Å². The summed E-state index contributed by atoms with van der Waals surface area (Å²) in [6.07, 6.45) is 2.16. The van der Waals surface area contributed by atoms with E-state index in [-0.39, 0.29) is 5.41 Å². The van der Waals surface area contributed by atoms with Gasteiger partial charge in [0.2, 0.25) is 0 Å². The Hall–Kier alpha value is -0.630. The molecule has 0 bridgehead atoms. The van der Waals surface area contributed by atoms with Crippen LogP contribution in [0.3, 0.4) is 0 Å². The van der Waals surface area contributed by atoms with Crippen molar-refractivity contribution in [2.75, 3.05) is 40.0 Å². The van der Waals surface area contributed by atoms with Gasteiger partial charge in [0.15, 0.2) is 0 Å². The summed E-state index contributed by atoms with van der Waals surface area (Å²) in [5, 5.41) is 9.10. The van der Waals surface area contributed by atoms with Crippen molar-refractivity contribution >= 4 is 0 Å². The summed E-state index contributed by atoms with van der Waals surface area (Å²) < 4.78 is 10.5. The molecule has 0 aromatic heterocycles. The first-order valence-electron chi connectivity index (χ1n) is 5.53. The molecule has 2 rings (SSSR count). The highest BCUT2D eigenvalue weighted by molar-refractivity contribution is 5.05. The number of nitriles is 1. The van der Waals surface area contributed by atoms with Gasteiger partial charge in [-0.05, 0) is 19.9 Å². The second kappa shape index (κ2) is 4.48. The number of nitrogens with zero attached hydrogens (tertiary/aromatic N) is 2. The Morgan fingerprint density at radius 3 is 2.47 bits per heavy atom. The van der Waals surface area contributed by atoms with Crippen LogP contribution in [0, 0.1) is 16.7 Å². The lowest BCUT2D eigenvalue weighted by atomic mass is 9.86. The smallest absolute Gasteiger partial charge is 0.116 e. The monoisotopic (exact) mass is 210 g/mol. The van der Waals surface area contributed by atoms with Crippen molar-refractivity contribution in [1.29, 1.82) is 5.26 Å². The largest absolute Gasteiger partial charge is 0.381 e. The van der Waals surface area contributed by atoms with Gasteiger partial charge in [-0.15, -0.1) is 0 Å². The molecule has 0 radical (unpaired) electrons. The molecular formula is C11H18N2O2. The third-order valence-electron chi connectivity index (χ3n) is 3.36. The van der Waals surface area contributed by atoms with Crippen LogP contribution in [0.4, 0.5) is 0 Å². The van der Waals surface area contributed by atoms with Gasteiger partial charge >= 0.3 is 0 Å². The zero-order valence-corrected chi connectivity index (χ0v) is 9.24. The van der Waals surface area contributed by atoms with Crippen LogP contribution < -0.4 is 0 Å². The first-order valence-corrected chi connectivity index (χ1v) is 5.53. The topological polar surface area (TPSA) is 45.5 Å². The first kappa shape index (κ1) is 10.9. The molecule has 0 N–H and O–H groups in total. The minimum Gasteiger partial charge on any atom is -0.381 e. The van der Waals surface area contributed by atoms with Crippen LogP contribution in [0.1, 0.15) is 12.8 Å². The average Bonchev–Trinajstić information content (AvgIpc) is 2.24. The number of hydrogen-bond acceptors (Lipinski definition) is 4. The number of ether oxygens (including phenoxy) is 2. The molecule has 15 heavy (non-hydrogen) atoms. The second-order valence-electron chi connectivity index (χ2n) is 4.64. The van der Waals surface area contributed by atoms with E-state index >= 15 is 0 Å². The normalized spacial score (nSPS) is 25.9. The van der Waals surface area contributed by atoms with Crippen molar-refractivity contribution in [2.45, 2.75) is 18.9 Å². The first-order chi connectivity index (χ1) is 7.26. The van der Waals surface area contributed by atoms with E-state index in [0.29, 0.717) is 19.3 Å². The molecule has 0 spiro atoms. The lowest BCUT2D eigenvalue weighted by molar-refractivity contribution is -0.0966. The van der Waals surface area contributed by atoms with Crippen LogP contribution in [-0.2, 0) is 9.47 Å². The van der Waals surface area contributed by atoms with Crippen molar-refractivity contribution in [1.82, 2.24) is 4.90 Å². The number of rotatable bonds is 3. The Morgan fingerprint density at radius 1 is 1.33 bits per heavy atom. The summed E-state index contributed by atoms with van der Waals surface area (Å²) in [4.78, 5) is 2.30. The molecule has 2 aliphatic rings. The van der Waals surface area contributed by atoms with Gasteiger partial charge in [0.25, 0.3) is 0 Å². The molecule has 2 fully saturated rings. The molecule has 0 aromatic carbocycles. The van der Waals surface area contributed by atoms with E-state index in [1.165, 1.54) is 0 Å². The van der Waals surface area contributed by atoms with Crippen LogP contribution in [0.5, 0.6) is 0 Å². The average molecular weight is 210 g/mol. The zero-order valence-electron chi connectivity index (χ0n) is 9.24. The maximum Gasteiger partial charge on any atom is 0.116 e. The maximum absolute atomic E-state index is 9.10. The number of hydrogen-bond donors (Lipinski definition) is 0. The highest BCUT2D eigenvalue weighted by Gasteiger charge is 2.41. The Bertz CT molecular complexity index is 252. The fraction of sp³-hybridized carbons (Fsp3) is 0.909. The molecule has 2 saturated heterocycles. The lowest BCUT2D eigenvalue weighted by Crippen LogP contribution is -2.52. The summed E-state index contributed by atoms with van der Waals surface area (Å²) in [6, 6.07) is 2.96. The third kappa shape index (κ3) is 2.31. The Balaban J connectivity index is 1.85. The second-order valence-corrected chi connectivity index (χ2v) is 4.64. The van der Waals surface area contributed by atoms with Crippen molar-refractivity contribution in [2.24, 2.45) is 5.41 Å². The van der Waals surface area contributed by atoms with Crippen molar-refractivity contribution in [3.05, 3.63) is 0 Å². The van der Waals surface area contributed by atoms with Gasteiger partial charge in [-0.1, -0.05) is 0 Å². The van der Waals surface area contributed by atoms with Gasteiger partial charge in [0, 0.05) is 25.8 Å². The summed E-state index contributed by atoms with van der Waals surface area (Å²) in [7, 11) is 2.10. The van der Waals surface area contributed by atoms with E-state index in [1.54, 1.807) is 0 Å². The van der Waals surface area contributed by atoms with Gasteiger partial charge in [-0.25, -0.2) is 0 Å².